The summed E-state index contributed by atoms with van der Waals surface area (Å²) in [6.45, 7) is 0. The minimum absolute atomic E-state index is 0.291. The van der Waals surface area contributed by atoms with Crippen molar-refractivity contribution in [2.75, 3.05) is 12.4 Å². The van der Waals surface area contributed by atoms with Crippen LogP contribution in [0, 0.1) is 0 Å². The molecule has 118 valence electrons. The molecule has 0 saturated carbocycles. The van der Waals surface area contributed by atoms with Crippen molar-refractivity contribution >= 4 is 43.5 Å². The van der Waals surface area contributed by atoms with Crippen LogP contribution in [-0.2, 0) is 0 Å². The zero-order valence-corrected chi connectivity index (χ0v) is 13.5. The van der Waals surface area contributed by atoms with E-state index < -0.39 is 5.56 Å². The summed E-state index contributed by atoms with van der Waals surface area (Å²) in [5.74, 6) is 0.762. The van der Waals surface area contributed by atoms with Crippen molar-refractivity contribution < 1.29 is 4.74 Å². The zero-order chi connectivity index (χ0) is 16.5. The lowest BCUT2D eigenvalue weighted by Gasteiger charge is -2.06. The van der Waals surface area contributed by atoms with Gasteiger partial charge in [-0.15, -0.1) is 0 Å². The minimum atomic E-state index is -0.391. The summed E-state index contributed by atoms with van der Waals surface area (Å²) in [6, 6.07) is 14.8. The summed E-state index contributed by atoms with van der Waals surface area (Å²) >= 11 is 1.29. The van der Waals surface area contributed by atoms with Gasteiger partial charge in [0.05, 0.1) is 18.1 Å². The fraction of sp³-hybridized carbons (Fsp3) is 0.0588. The molecule has 7 heteroatoms. The quantitative estimate of drug-likeness (QED) is 0.578. The van der Waals surface area contributed by atoms with Crippen LogP contribution in [0.1, 0.15) is 0 Å². The largest absolute Gasteiger partial charge is 0.497 e. The highest BCUT2D eigenvalue weighted by atomic mass is 32.1. The molecule has 0 bridgehead atoms. The highest BCUT2D eigenvalue weighted by Gasteiger charge is 2.09. The number of hydrogen-bond acceptors (Lipinski definition) is 7. The molecule has 2 heterocycles. The van der Waals surface area contributed by atoms with Gasteiger partial charge in [-0.1, -0.05) is 23.5 Å². The lowest BCUT2D eigenvalue weighted by atomic mass is 10.3. The highest BCUT2D eigenvalue weighted by molar-refractivity contribution is 7.21. The van der Waals surface area contributed by atoms with E-state index in [0.717, 1.165) is 17.0 Å². The number of anilines is 2. The Kier molecular flexibility index (Phi) is 3.55. The first kappa shape index (κ1) is 14.5. The molecule has 0 atom stereocenters. The maximum Gasteiger partial charge on any atom is 0.301 e. The maximum atomic E-state index is 12.3. The van der Waals surface area contributed by atoms with Crippen molar-refractivity contribution in [3.63, 3.8) is 0 Å². The summed E-state index contributed by atoms with van der Waals surface area (Å²) in [7, 11) is 1.61. The van der Waals surface area contributed by atoms with E-state index in [1.165, 1.54) is 11.3 Å². The Bertz CT molecular complexity index is 1090. The van der Waals surface area contributed by atoms with E-state index in [1.807, 2.05) is 48.5 Å². The van der Waals surface area contributed by atoms with Crippen molar-refractivity contribution in [2.45, 2.75) is 0 Å². The number of benzene rings is 2. The molecule has 1 N–H and O–H groups in total. The number of aromatic nitrogens is 3. The molecule has 6 nitrogen and oxygen atoms in total. The van der Waals surface area contributed by atoms with Crippen LogP contribution in [-0.4, -0.2) is 22.1 Å². The van der Waals surface area contributed by atoms with Crippen LogP contribution in [0.2, 0.25) is 0 Å². The van der Waals surface area contributed by atoms with E-state index in [9.17, 15) is 4.79 Å². The topological polar surface area (TPSA) is 77.0 Å². The maximum absolute atomic E-state index is 12.3. The second-order valence-corrected chi connectivity index (χ2v) is 6.02. The molecule has 2 aromatic heterocycles. The van der Waals surface area contributed by atoms with Crippen LogP contribution in [0.3, 0.4) is 0 Å². The van der Waals surface area contributed by atoms with Gasteiger partial charge in [0.1, 0.15) is 5.75 Å². The molecule has 24 heavy (non-hydrogen) atoms. The number of fused-ring (bicyclic) bond motifs is 2. The first-order chi connectivity index (χ1) is 11.7. The summed E-state index contributed by atoms with van der Waals surface area (Å²) < 4.78 is 5.13. The Morgan fingerprint density at radius 3 is 2.38 bits per heavy atom. The molecule has 0 aliphatic rings. The molecular formula is C17H12N4O2S. The molecule has 2 aromatic carbocycles. The lowest BCUT2D eigenvalue weighted by Crippen LogP contribution is -2.10. The average Bonchev–Trinajstić information content (AvgIpc) is 2.61. The van der Waals surface area contributed by atoms with Gasteiger partial charge in [-0.05, 0) is 36.4 Å². The molecule has 0 aliphatic heterocycles. The third kappa shape index (κ3) is 2.65. The monoisotopic (exact) mass is 336 g/mol. The Morgan fingerprint density at radius 1 is 0.958 bits per heavy atom. The van der Waals surface area contributed by atoms with Gasteiger partial charge in [0.2, 0.25) is 0 Å². The molecule has 0 aliphatic carbocycles. The Hall–Kier alpha value is -3.06. The van der Waals surface area contributed by atoms with E-state index in [-0.39, 0.29) is 0 Å². The second kappa shape index (κ2) is 5.86. The van der Waals surface area contributed by atoms with Gasteiger partial charge in [-0.2, -0.15) is 4.98 Å². The molecule has 0 unspecified atom stereocenters. The molecule has 0 amide bonds. The molecule has 0 spiro atoms. The fourth-order valence-corrected chi connectivity index (χ4v) is 3.16. The van der Waals surface area contributed by atoms with Crippen molar-refractivity contribution in [3.05, 3.63) is 58.9 Å². The summed E-state index contributed by atoms with van der Waals surface area (Å²) in [4.78, 5) is 25.8. The van der Waals surface area contributed by atoms with E-state index in [2.05, 4.69) is 20.3 Å². The lowest BCUT2D eigenvalue weighted by molar-refractivity contribution is 0.415. The van der Waals surface area contributed by atoms with Gasteiger partial charge in [0.25, 0.3) is 0 Å². The third-order valence-corrected chi connectivity index (χ3v) is 4.34. The number of hydrogen-bond donors (Lipinski definition) is 1. The number of rotatable bonds is 3. The normalized spacial score (nSPS) is 10.9. The average molecular weight is 336 g/mol. The Labute approximate surface area is 140 Å². The van der Waals surface area contributed by atoms with Gasteiger partial charge in [0, 0.05) is 5.69 Å². The molecule has 4 aromatic rings. The van der Waals surface area contributed by atoms with Crippen LogP contribution < -0.4 is 15.6 Å². The molecule has 0 saturated heterocycles. The van der Waals surface area contributed by atoms with E-state index in [1.54, 1.807) is 7.11 Å². The van der Waals surface area contributed by atoms with Gasteiger partial charge in [-0.25, -0.2) is 9.97 Å². The minimum Gasteiger partial charge on any atom is -0.497 e. The van der Waals surface area contributed by atoms with Crippen LogP contribution >= 0.6 is 11.3 Å². The van der Waals surface area contributed by atoms with Crippen molar-refractivity contribution in [1.82, 2.24) is 15.0 Å². The van der Waals surface area contributed by atoms with E-state index in [0.29, 0.717) is 21.0 Å². The van der Waals surface area contributed by atoms with Crippen molar-refractivity contribution in [1.29, 1.82) is 0 Å². The third-order valence-electron chi connectivity index (χ3n) is 3.48. The molecule has 0 radical (unpaired) electrons. The number of nitrogens with zero attached hydrogens (tertiary/aromatic N) is 3. The number of methoxy groups -OCH3 is 1. The molecule has 0 fully saturated rings. The molecule has 4 rings (SSSR count). The van der Waals surface area contributed by atoms with Crippen molar-refractivity contribution in [3.8, 4) is 5.75 Å². The predicted molar refractivity (Wildman–Crippen MR) is 95.3 cm³/mol. The standard InChI is InChI=1S/C17H12N4O2S/c1-23-11-8-6-10(7-9-11)18-17-21-15(22)14-16(24-17)20-13-5-3-2-4-12(13)19-14/h2-9H,1H3,(H,18,21,22). The summed E-state index contributed by atoms with van der Waals surface area (Å²) in [6.07, 6.45) is 0. The fourth-order valence-electron chi connectivity index (χ4n) is 2.31. The van der Waals surface area contributed by atoms with Gasteiger partial charge < -0.3 is 10.1 Å². The van der Waals surface area contributed by atoms with E-state index >= 15 is 0 Å². The van der Waals surface area contributed by atoms with Gasteiger partial charge in [0.15, 0.2) is 15.5 Å². The number of para-hydroxylation sites is 2. The highest BCUT2D eigenvalue weighted by Crippen LogP contribution is 2.24. The zero-order valence-electron chi connectivity index (χ0n) is 12.7. The number of ether oxygens (including phenoxy) is 1. The van der Waals surface area contributed by atoms with Gasteiger partial charge >= 0.3 is 5.56 Å². The summed E-state index contributed by atoms with van der Waals surface area (Å²) in [5, 5.41) is 3.59. The number of nitrogens with one attached hydrogen (secondary N) is 1. The predicted octanol–water partition coefficient (Wildman–Crippen LogP) is 3.35. The SMILES string of the molecule is COc1ccc(Nc2nc(=O)c3nc4ccccc4nc3s2)cc1. The van der Waals surface area contributed by atoms with Crippen LogP contribution in [0.15, 0.2) is 53.3 Å². The second-order valence-electron chi connectivity index (χ2n) is 5.04. The van der Waals surface area contributed by atoms with Crippen LogP contribution in [0.5, 0.6) is 5.75 Å². The smallest absolute Gasteiger partial charge is 0.301 e. The molecular weight excluding hydrogens is 324 g/mol. The van der Waals surface area contributed by atoms with E-state index in [4.69, 9.17) is 4.74 Å². The first-order valence-corrected chi connectivity index (χ1v) is 8.03. The van der Waals surface area contributed by atoms with Crippen molar-refractivity contribution in [2.24, 2.45) is 0 Å². The Morgan fingerprint density at radius 2 is 1.67 bits per heavy atom. The first-order valence-electron chi connectivity index (χ1n) is 7.22. The summed E-state index contributed by atoms with van der Waals surface area (Å²) in [5.41, 5.74) is 2.15. The van der Waals surface area contributed by atoms with Crippen LogP contribution in [0.25, 0.3) is 21.4 Å². The Balaban J connectivity index is 1.78. The van der Waals surface area contributed by atoms with Crippen LogP contribution in [0.4, 0.5) is 10.8 Å². The van der Waals surface area contributed by atoms with Gasteiger partial charge in [-0.3, -0.25) is 4.79 Å².